The zero-order valence-electron chi connectivity index (χ0n) is 53.0. The van der Waals surface area contributed by atoms with Crippen molar-refractivity contribution >= 4 is 104 Å². The number of halogens is 2. The Balaban J connectivity index is 1.02. The number of hydrogen-bond acceptors (Lipinski definition) is 15. The summed E-state index contributed by atoms with van der Waals surface area (Å²) in [6.07, 6.45) is 2.70. The van der Waals surface area contributed by atoms with E-state index in [1.54, 1.807) is 0 Å². The van der Waals surface area contributed by atoms with E-state index in [1.165, 1.54) is 113 Å². The number of nitrogens with one attached hydrogen (secondary N) is 9. The van der Waals surface area contributed by atoms with Gasteiger partial charge in [-0.05, 0) is 135 Å². The number of rotatable bonds is 12. The van der Waals surface area contributed by atoms with Gasteiger partial charge in [-0.1, -0.05) is 36.4 Å². The van der Waals surface area contributed by atoms with Gasteiger partial charge in [0.2, 0.25) is 59.1 Å². The van der Waals surface area contributed by atoms with Crippen LogP contribution in [-0.2, 0) is 78.7 Å². The number of benzene rings is 4. The van der Waals surface area contributed by atoms with Crippen LogP contribution >= 0.6 is 23.5 Å². The maximum atomic E-state index is 15.3. The molecule has 0 spiro atoms. The third-order valence-corrected chi connectivity index (χ3v) is 19.4. The summed E-state index contributed by atoms with van der Waals surface area (Å²) in [4.78, 5) is 152. The van der Waals surface area contributed by atoms with Gasteiger partial charge in [0.15, 0.2) is 0 Å². The lowest BCUT2D eigenvalue weighted by Crippen LogP contribution is -2.62. The Kier molecular flexibility index (Phi) is 24.9. The summed E-state index contributed by atoms with van der Waals surface area (Å²) >= 11 is 2.83. The highest BCUT2D eigenvalue weighted by Gasteiger charge is 2.43. The molecule has 10 amide bonds. The molecule has 9 atom stereocenters. The Hall–Kier alpha value is -9.06. The summed E-state index contributed by atoms with van der Waals surface area (Å²) in [5, 5.41) is 41.0. The number of aromatic hydroxyl groups is 1. The van der Waals surface area contributed by atoms with Crippen LogP contribution in [0.25, 0.3) is 21.8 Å². The van der Waals surface area contributed by atoms with Crippen molar-refractivity contribution in [2.75, 3.05) is 37.7 Å². The zero-order valence-corrected chi connectivity index (χ0v) is 54.6. The zero-order chi connectivity index (χ0) is 68.6. The van der Waals surface area contributed by atoms with Crippen molar-refractivity contribution in [3.05, 3.63) is 137 Å². The number of primary amides is 1. The Morgan fingerprint density at radius 1 is 0.625 bits per heavy atom. The Morgan fingerprint density at radius 3 is 1.78 bits per heavy atom. The molecule has 15 N–H and O–H groups in total. The van der Waals surface area contributed by atoms with Gasteiger partial charge in [-0.3, -0.25) is 47.9 Å². The Morgan fingerprint density at radius 2 is 1.19 bits per heavy atom. The molecule has 4 aromatic carbocycles. The van der Waals surface area contributed by atoms with Crippen molar-refractivity contribution in [3.63, 3.8) is 0 Å². The van der Waals surface area contributed by atoms with Crippen molar-refractivity contribution in [3.8, 4) is 5.75 Å². The number of fused-ring (bicyclic) bond motifs is 6. The first kappa shape index (κ1) is 71.2. The number of nitrogens with zero attached hydrogens (tertiary/aromatic N) is 2. The highest BCUT2D eigenvalue weighted by molar-refractivity contribution is 7.98. The van der Waals surface area contributed by atoms with E-state index >= 15 is 9.59 Å². The molecule has 29 heteroatoms. The van der Waals surface area contributed by atoms with Gasteiger partial charge < -0.3 is 78.7 Å². The number of amides is 10. The maximum Gasteiger partial charge on any atom is 0.246 e. The number of aliphatic hydroxyl groups is 1. The van der Waals surface area contributed by atoms with E-state index in [9.17, 15) is 57.4 Å². The number of carbonyl (C=O) groups excluding carboxylic acids is 10. The van der Waals surface area contributed by atoms with Crippen molar-refractivity contribution < 1.29 is 66.9 Å². The molecule has 0 radical (unpaired) electrons. The molecule has 6 aromatic rings. The smallest absolute Gasteiger partial charge is 0.246 e. The van der Waals surface area contributed by atoms with Crippen molar-refractivity contribution in [2.24, 2.45) is 11.5 Å². The highest BCUT2D eigenvalue weighted by atomic mass is 32.2. The third-order valence-electron chi connectivity index (χ3n) is 17.3. The molecule has 1 unspecified atom stereocenters. The van der Waals surface area contributed by atoms with E-state index in [2.05, 4.69) is 47.2 Å². The fourth-order valence-corrected chi connectivity index (χ4v) is 14.1. The molecule has 25 nitrogen and oxygen atoms in total. The third kappa shape index (κ3) is 18.9. The van der Waals surface area contributed by atoms with E-state index in [0.29, 0.717) is 81.6 Å². The van der Waals surface area contributed by atoms with Gasteiger partial charge in [-0.2, -0.15) is 23.5 Å². The molecule has 0 aliphatic carbocycles. The minimum atomic E-state index is -1.76. The van der Waals surface area contributed by atoms with Crippen LogP contribution < -0.4 is 48.7 Å². The standard InChI is InChI=1S/C67H81F2N13O12S2/c1-37(83)59-65(92)78-52(26-38-12-16-45(84)17-13-38)66(93)81-22-5-10-55(81)63(90)79-54(60(71)87)36-96-35-40-8-4-7-39(25-40)34-95-24-20-57(85)75-50(9-2-3-21-70)61(88)74-33-58(86)76-51(27-41-31-72-48-18-14-43(68)29-46(41)48)62(89)77-53(67(94)82-23-6-11-56(82)64(91)80-59)28-42-32-73-49-19-15-44(69)30-47(42)49/h4,7-8,12-19,25,29-32,37,50-56,59,72-73,83-84H,2-3,5-6,9-11,20-24,26-28,33-36,70H2,1H3,(H2,71,87)(H,74,88)(H,75,85)(H,76,86)(H,77,89)(H,78,92)(H,79,90)(H,80,91)/t37-,50+,51+,52+,53+,54+,55?,56+,59+/m1/s1. The van der Waals surface area contributed by atoms with Gasteiger partial charge >= 0.3 is 0 Å². The number of thioether (sulfide) groups is 2. The SMILES string of the molecule is C[C@@H](O)[C@@H]1NC(=O)[C@@H]2CCCN2C(=O)[C@H](Cc2c[nH]c3ccc(F)cc23)NC(=O)[C@H](Cc2c[nH]c3ccc(F)cc23)NC(=O)CNC(=O)[C@H](CCCCN)NC(=O)CCSCc2cccc(c2)CSC[C@@H](C(N)=O)NC(=O)C2CCCN2C(=O)[C@H](Cc2ccc(O)cc2)NC1=O. The number of nitrogens with two attached hydrogens (primary N) is 2. The van der Waals surface area contributed by atoms with Crippen LogP contribution in [0.3, 0.4) is 0 Å². The molecule has 96 heavy (non-hydrogen) atoms. The number of aliphatic hydroxyl groups excluding tert-OH is 1. The van der Waals surface area contributed by atoms with Gasteiger partial charge in [-0.25, -0.2) is 8.78 Å². The molecule has 3 aliphatic rings. The second-order valence-corrected chi connectivity index (χ2v) is 26.5. The monoisotopic (exact) mass is 1360 g/mol. The molecule has 2 saturated heterocycles. The predicted octanol–water partition coefficient (Wildman–Crippen LogP) is 2.23. The number of hydrogen-bond donors (Lipinski definition) is 13. The van der Waals surface area contributed by atoms with Crippen LogP contribution in [0.15, 0.2) is 97.3 Å². The van der Waals surface area contributed by atoms with Gasteiger partial charge in [0.1, 0.15) is 65.7 Å². The van der Waals surface area contributed by atoms with Gasteiger partial charge in [-0.15, -0.1) is 0 Å². The molecule has 2 aromatic heterocycles. The molecular formula is C67H81F2N13O12S2. The predicted molar refractivity (Wildman–Crippen MR) is 357 cm³/mol. The first-order chi connectivity index (χ1) is 46.1. The van der Waals surface area contributed by atoms with Crippen LogP contribution in [-0.4, -0.2) is 181 Å². The first-order valence-electron chi connectivity index (χ1n) is 32.0. The first-order valence-corrected chi connectivity index (χ1v) is 34.3. The molecule has 2 bridgehead atoms. The summed E-state index contributed by atoms with van der Waals surface area (Å²) in [6.45, 7) is 0.896. The summed E-state index contributed by atoms with van der Waals surface area (Å²) in [6, 6.07) is 10.5. The summed E-state index contributed by atoms with van der Waals surface area (Å²) in [5.74, 6) is -7.68. The van der Waals surface area contributed by atoms with E-state index in [-0.39, 0.29) is 76.0 Å². The molecule has 2 fully saturated rings. The van der Waals surface area contributed by atoms with Gasteiger partial charge in [0.05, 0.1) is 12.6 Å². The second kappa shape index (κ2) is 33.6. The lowest BCUT2D eigenvalue weighted by atomic mass is 10.0. The quantitative estimate of drug-likeness (QED) is 0.0782. The lowest BCUT2D eigenvalue weighted by Gasteiger charge is -2.32. The second-order valence-electron chi connectivity index (χ2n) is 24.4. The minimum Gasteiger partial charge on any atom is -0.508 e. The minimum absolute atomic E-state index is 0.0341. The van der Waals surface area contributed by atoms with Crippen LogP contribution in [0, 0.1) is 11.6 Å². The largest absolute Gasteiger partial charge is 0.508 e. The number of carbonyl (C=O) groups is 10. The molecular weight excluding hydrogens is 1280 g/mol. The average Bonchev–Trinajstić information content (AvgIpc) is 1.64. The molecule has 3 aliphatic heterocycles. The lowest BCUT2D eigenvalue weighted by molar-refractivity contribution is -0.144. The van der Waals surface area contributed by atoms with Crippen LogP contribution in [0.4, 0.5) is 8.78 Å². The van der Waals surface area contributed by atoms with E-state index < -0.39 is 132 Å². The van der Waals surface area contributed by atoms with Crippen LogP contribution in [0.2, 0.25) is 0 Å². The maximum absolute atomic E-state index is 15.3. The van der Waals surface area contributed by atoms with Crippen molar-refractivity contribution in [1.29, 1.82) is 0 Å². The van der Waals surface area contributed by atoms with Gasteiger partial charge in [0, 0.05) is 96.0 Å². The summed E-state index contributed by atoms with van der Waals surface area (Å²) < 4.78 is 29.8. The number of phenolic OH excluding ortho intramolecular Hbond substituents is 1. The number of H-pyrrole nitrogens is 2. The fourth-order valence-electron chi connectivity index (χ4n) is 12.2. The summed E-state index contributed by atoms with van der Waals surface area (Å²) in [5.41, 5.74) is 15.7. The molecule has 512 valence electrons. The highest BCUT2D eigenvalue weighted by Crippen LogP contribution is 2.28. The Labute approximate surface area is 560 Å². The van der Waals surface area contributed by atoms with E-state index in [4.69, 9.17) is 11.5 Å². The number of aromatic nitrogens is 2. The topological polar surface area (TPSA) is 385 Å². The van der Waals surface area contributed by atoms with Crippen molar-refractivity contribution in [1.82, 2.24) is 57.0 Å². The average molecular weight is 1360 g/mol. The summed E-state index contributed by atoms with van der Waals surface area (Å²) in [7, 11) is 0. The number of aromatic amines is 2. The normalized spacial score (nSPS) is 23.6. The molecule has 0 saturated carbocycles. The molecule has 9 rings (SSSR count). The van der Waals surface area contributed by atoms with Crippen LogP contribution in [0.5, 0.6) is 5.75 Å². The van der Waals surface area contributed by atoms with Crippen LogP contribution in [0.1, 0.15) is 86.1 Å². The van der Waals surface area contributed by atoms with Gasteiger partial charge in [0.25, 0.3) is 0 Å². The molecule has 5 heterocycles. The Bertz CT molecular complexity index is 3820. The fraction of sp³-hybridized carbons (Fsp3) is 0.433. The van der Waals surface area contributed by atoms with E-state index in [1.807, 2.05) is 24.3 Å². The number of phenols is 1. The van der Waals surface area contributed by atoms with E-state index in [0.717, 1.165) is 11.1 Å². The number of unbranched alkanes of at least 4 members (excludes halogenated alkanes) is 1. The van der Waals surface area contributed by atoms with Crippen molar-refractivity contribution in [2.45, 2.75) is 143 Å².